The lowest BCUT2D eigenvalue weighted by molar-refractivity contribution is 0.0860. The van der Waals surface area contributed by atoms with E-state index >= 15 is 0 Å². The molecule has 0 radical (unpaired) electrons. The molecule has 1 heterocycles. The number of hydrogen-bond acceptors (Lipinski definition) is 3. The molecule has 2 N–H and O–H groups in total. The van der Waals surface area contributed by atoms with Crippen LogP contribution in [0.1, 0.15) is 35.3 Å². The summed E-state index contributed by atoms with van der Waals surface area (Å²) >= 11 is 3.35. The minimum atomic E-state index is -0.0969. The number of amides is 1. The van der Waals surface area contributed by atoms with Crippen LogP contribution in [0.4, 0.5) is 0 Å². The molecule has 108 valence electrons. The molecular formula is C15H19BrN2O2. The predicted octanol–water partition coefficient (Wildman–Crippen LogP) is 2.29. The van der Waals surface area contributed by atoms with Crippen molar-refractivity contribution in [3.63, 3.8) is 0 Å². The van der Waals surface area contributed by atoms with E-state index in [1.54, 1.807) is 6.07 Å². The summed E-state index contributed by atoms with van der Waals surface area (Å²) in [5.41, 5.74) is 1.44. The summed E-state index contributed by atoms with van der Waals surface area (Å²) in [5.74, 6) is 1.23. The molecule has 0 saturated heterocycles. The first-order valence-electron chi connectivity index (χ1n) is 7.15. The van der Waals surface area contributed by atoms with Gasteiger partial charge in [-0.05, 0) is 66.1 Å². The van der Waals surface area contributed by atoms with Gasteiger partial charge in [0.25, 0.3) is 5.91 Å². The van der Waals surface area contributed by atoms with E-state index in [4.69, 9.17) is 0 Å². The van der Waals surface area contributed by atoms with E-state index in [0.717, 1.165) is 12.1 Å². The molecule has 4 atom stereocenters. The molecule has 5 heteroatoms. The number of carbonyl (C=O) groups excluding carboxylic acids is 1. The van der Waals surface area contributed by atoms with Gasteiger partial charge in [0.15, 0.2) is 0 Å². The Hall–Kier alpha value is -0.940. The largest absolute Gasteiger partial charge is 0.396 e. The Morgan fingerprint density at radius 2 is 2.20 bits per heavy atom. The summed E-state index contributed by atoms with van der Waals surface area (Å²) in [7, 11) is 0. The highest BCUT2D eigenvalue weighted by Crippen LogP contribution is 2.48. The molecule has 2 aliphatic carbocycles. The number of pyridine rings is 1. The maximum atomic E-state index is 12.4. The average Bonchev–Trinajstić information content (AvgIpc) is 2.99. The summed E-state index contributed by atoms with van der Waals surface area (Å²) in [6.45, 7) is 2.06. The fraction of sp³-hybridized carbons (Fsp3) is 0.600. The van der Waals surface area contributed by atoms with Gasteiger partial charge in [-0.3, -0.25) is 4.79 Å². The molecule has 1 aromatic heterocycles. The van der Waals surface area contributed by atoms with Crippen LogP contribution >= 0.6 is 15.9 Å². The predicted molar refractivity (Wildman–Crippen MR) is 79.3 cm³/mol. The lowest BCUT2D eigenvalue weighted by Crippen LogP contribution is -2.45. The van der Waals surface area contributed by atoms with Gasteiger partial charge in [0.1, 0.15) is 4.60 Å². The Morgan fingerprint density at radius 3 is 2.90 bits per heavy atom. The van der Waals surface area contributed by atoms with Crippen LogP contribution in [-0.2, 0) is 0 Å². The van der Waals surface area contributed by atoms with Crippen LogP contribution < -0.4 is 5.32 Å². The SMILES string of the molecule is Cc1ccc(C(=O)NC2C3CCC(C3)C2CO)c(Br)n1. The van der Waals surface area contributed by atoms with Crippen molar-refractivity contribution in [1.82, 2.24) is 10.3 Å². The monoisotopic (exact) mass is 338 g/mol. The minimum Gasteiger partial charge on any atom is -0.396 e. The van der Waals surface area contributed by atoms with E-state index in [1.165, 1.54) is 12.8 Å². The van der Waals surface area contributed by atoms with E-state index < -0.39 is 0 Å². The van der Waals surface area contributed by atoms with Crippen molar-refractivity contribution in [2.24, 2.45) is 17.8 Å². The van der Waals surface area contributed by atoms with Gasteiger partial charge in [0.2, 0.25) is 0 Å². The van der Waals surface area contributed by atoms with Crippen LogP contribution in [0, 0.1) is 24.7 Å². The molecule has 2 saturated carbocycles. The molecule has 0 spiro atoms. The summed E-state index contributed by atoms with van der Waals surface area (Å²) < 4.78 is 0.582. The van der Waals surface area contributed by atoms with Crippen molar-refractivity contribution in [3.05, 3.63) is 28.0 Å². The quantitative estimate of drug-likeness (QED) is 0.831. The molecule has 4 unspecified atom stereocenters. The number of aryl methyl sites for hydroxylation is 1. The van der Waals surface area contributed by atoms with Gasteiger partial charge in [-0.15, -0.1) is 0 Å². The molecule has 3 rings (SSSR count). The number of hydrogen-bond donors (Lipinski definition) is 2. The Labute approximate surface area is 127 Å². The number of nitrogens with one attached hydrogen (secondary N) is 1. The molecule has 20 heavy (non-hydrogen) atoms. The van der Waals surface area contributed by atoms with Crippen molar-refractivity contribution in [1.29, 1.82) is 0 Å². The van der Waals surface area contributed by atoms with Crippen LogP contribution in [0.5, 0.6) is 0 Å². The third-order valence-electron chi connectivity index (χ3n) is 4.83. The first-order chi connectivity index (χ1) is 9.60. The van der Waals surface area contributed by atoms with Gasteiger partial charge >= 0.3 is 0 Å². The number of nitrogens with zero attached hydrogens (tertiary/aromatic N) is 1. The number of fused-ring (bicyclic) bond motifs is 2. The molecule has 0 aromatic carbocycles. The van der Waals surface area contributed by atoms with Crippen LogP contribution in [0.2, 0.25) is 0 Å². The smallest absolute Gasteiger partial charge is 0.254 e. The number of rotatable bonds is 3. The summed E-state index contributed by atoms with van der Waals surface area (Å²) in [6.07, 6.45) is 3.50. The summed E-state index contributed by atoms with van der Waals surface area (Å²) in [5, 5.41) is 12.7. The van der Waals surface area contributed by atoms with Crippen molar-refractivity contribution < 1.29 is 9.90 Å². The van der Waals surface area contributed by atoms with Crippen molar-refractivity contribution >= 4 is 21.8 Å². The lowest BCUT2D eigenvalue weighted by Gasteiger charge is -2.30. The van der Waals surface area contributed by atoms with Crippen LogP contribution in [-0.4, -0.2) is 28.6 Å². The zero-order valence-corrected chi connectivity index (χ0v) is 13.1. The Morgan fingerprint density at radius 1 is 1.45 bits per heavy atom. The second-order valence-corrected chi connectivity index (χ2v) is 6.72. The van der Waals surface area contributed by atoms with E-state index in [-0.39, 0.29) is 24.5 Å². The molecule has 2 aliphatic rings. The maximum Gasteiger partial charge on any atom is 0.254 e. The molecule has 1 amide bonds. The van der Waals surface area contributed by atoms with Crippen molar-refractivity contribution in [3.8, 4) is 0 Å². The Balaban J connectivity index is 1.75. The molecule has 0 aliphatic heterocycles. The van der Waals surface area contributed by atoms with Gasteiger partial charge < -0.3 is 10.4 Å². The zero-order valence-electron chi connectivity index (χ0n) is 11.5. The first-order valence-corrected chi connectivity index (χ1v) is 7.94. The zero-order chi connectivity index (χ0) is 14.3. The lowest BCUT2D eigenvalue weighted by atomic mass is 9.85. The molecule has 2 fully saturated rings. The third-order valence-corrected chi connectivity index (χ3v) is 5.43. The van der Waals surface area contributed by atoms with Gasteiger partial charge in [0, 0.05) is 24.3 Å². The fourth-order valence-corrected chi connectivity index (χ4v) is 4.41. The second-order valence-electron chi connectivity index (χ2n) is 5.97. The normalized spacial score (nSPS) is 31.6. The van der Waals surface area contributed by atoms with Crippen LogP contribution in [0.25, 0.3) is 0 Å². The standard InChI is InChI=1S/C15H19BrN2O2/c1-8-2-5-11(14(16)17-8)15(20)18-13-10-4-3-9(6-10)12(13)7-19/h2,5,9-10,12-13,19H,3-4,6-7H2,1H3,(H,18,20). The van der Waals surface area contributed by atoms with Gasteiger partial charge in [-0.1, -0.05) is 0 Å². The maximum absolute atomic E-state index is 12.4. The van der Waals surface area contributed by atoms with E-state index in [9.17, 15) is 9.90 Å². The van der Waals surface area contributed by atoms with E-state index in [1.807, 2.05) is 13.0 Å². The Kier molecular flexibility index (Phi) is 3.82. The second kappa shape index (κ2) is 5.45. The van der Waals surface area contributed by atoms with E-state index in [0.29, 0.717) is 22.0 Å². The third kappa shape index (κ3) is 2.37. The van der Waals surface area contributed by atoms with Gasteiger partial charge in [-0.2, -0.15) is 0 Å². The highest BCUT2D eigenvalue weighted by Gasteiger charge is 2.47. The summed E-state index contributed by atoms with van der Waals surface area (Å²) in [6, 6.07) is 3.74. The highest BCUT2D eigenvalue weighted by atomic mass is 79.9. The van der Waals surface area contributed by atoms with Crippen LogP contribution in [0.3, 0.4) is 0 Å². The number of carbonyl (C=O) groups is 1. The number of halogens is 1. The summed E-state index contributed by atoms with van der Waals surface area (Å²) in [4.78, 5) is 16.7. The van der Waals surface area contributed by atoms with Gasteiger partial charge in [0.05, 0.1) is 5.56 Å². The number of aromatic nitrogens is 1. The van der Waals surface area contributed by atoms with E-state index in [2.05, 4.69) is 26.2 Å². The molecule has 1 aromatic rings. The van der Waals surface area contributed by atoms with Crippen molar-refractivity contribution in [2.75, 3.05) is 6.61 Å². The highest BCUT2D eigenvalue weighted by molar-refractivity contribution is 9.10. The number of aliphatic hydroxyl groups is 1. The molecule has 2 bridgehead atoms. The minimum absolute atomic E-state index is 0.0969. The number of aliphatic hydroxyl groups excluding tert-OH is 1. The topological polar surface area (TPSA) is 62.2 Å². The van der Waals surface area contributed by atoms with Crippen LogP contribution in [0.15, 0.2) is 16.7 Å². The Bertz CT molecular complexity index is 535. The average molecular weight is 339 g/mol. The fourth-order valence-electron chi connectivity index (χ4n) is 3.82. The van der Waals surface area contributed by atoms with Gasteiger partial charge in [-0.25, -0.2) is 4.98 Å². The first kappa shape index (κ1) is 14.0. The molecular weight excluding hydrogens is 320 g/mol. The molecule has 4 nitrogen and oxygen atoms in total. The van der Waals surface area contributed by atoms with Crippen molar-refractivity contribution in [2.45, 2.75) is 32.2 Å².